The molecule has 5 nitrogen and oxygen atoms in total. The molecule has 0 atom stereocenters. The van der Waals surface area contributed by atoms with Gasteiger partial charge in [-0.2, -0.15) is 5.10 Å². The smallest absolute Gasteiger partial charge is 0.256 e. The molecule has 0 spiro atoms. The largest absolute Gasteiger partial charge is 0.487 e. The Labute approximate surface area is 184 Å². The van der Waals surface area contributed by atoms with E-state index in [9.17, 15) is 9.18 Å². The number of nitrogens with zero attached hydrogens (tertiary/aromatic N) is 2. The van der Waals surface area contributed by atoms with Gasteiger partial charge in [-0.25, -0.2) is 4.39 Å². The molecule has 0 unspecified atom stereocenters. The van der Waals surface area contributed by atoms with Gasteiger partial charge in [0.25, 0.3) is 5.91 Å². The Kier molecular flexibility index (Phi) is 6.29. The number of ether oxygens (including phenoxy) is 1. The van der Waals surface area contributed by atoms with Gasteiger partial charge in [-0.1, -0.05) is 54.1 Å². The van der Waals surface area contributed by atoms with Gasteiger partial charge in [0.05, 0.1) is 11.6 Å². The monoisotopic (exact) mass is 435 g/mol. The lowest BCUT2D eigenvalue weighted by molar-refractivity contribution is 0.102. The molecule has 4 aromatic rings. The molecule has 0 aliphatic heterocycles. The van der Waals surface area contributed by atoms with Crippen molar-refractivity contribution in [3.63, 3.8) is 0 Å². The van der Waals surface area contributed by atoms with Crippen molar-refractivity contribution in [1.29, 1.82) is 0 Å². The Morgan fingerprint density at radius 1 is 1.03 bits per heavy atom. The number of aromatic nitrogens is 2. The Morgan fingerprint density at radius 3 is 2.68 bits per heavy atom. The molecular weight excluding hydrogens is 417 g/mol. The number of benzene rings is 3. The molecule has 4 rings (SSSR count). The number of nitrogens with one attached hydrogen (secondary N) is 1. The van der Waals surface area contributed by atoms with Crippen LogP contribution in [0.2, 0.25) is 5.02 Å². The molecule has 31 heavy (non-hydrogen) atoms. The summed E-state index contributed by atoms with van der Waals surface area (Å²) >= 11 is 6.11. The number of para-hydroxylation sites is 1. The van der Waals surface area contributed by atoms with Crippen molar-refractivity contribution in [3.05, 3.63) is 113 Å². The van der Waals surface area contributed by atoms with Gasteiger partial charge in [-0.3, -0.25) is 9.48 Å². The fourth-order valence-corrected chi connectivity index (χ4v) is 3.22. The molecular formula is C24H19ClFN3O2. The first-order valence-corrected chi connectivity index (χ1v) is 10.0. The molecule has 1 aromatic heterocycles. The quantitative estimate of drug-likeness (QED) is 0.413. The number of hydrogen-bond acceptors (Lipinski definition) is 3. The van der Waals surface area contributed by atoms with Gasteiger partial charge in [-0.15, -0.1) is 0 Å². The highest BCUT2D eigenvalue weighted by atomic mass is 35.5. The summed E-state index contributed by atoms with van der Waals surface area (Å²) < 4.78 is 21.1. The van der Waals surface area contributed by atoms with Crippen LogP contribution in [-0.4, -0.2) is 15.7 Å². The van der Waals surface area contributed by atoms with Gasteiger partial charge < -0.3 is 10.1 Å². The number of carbonyl (C=O) groups excluding carboxylic acids is 1. The maximum absolute atomic E-state index is 13.8. The number of amides is 1. The fraction of sp³-hybridized carbons (Fsp3) is 0.0833. The highest BCUT2D eigenvalue weighted by Gasteiger charge is 2.10. The van der Waals surface area contributed by atoms with E-state index >= 15 is 0 Å². The summed E-state index contributed by atoms with van der Waals surface area (Å²) in [6, 6.07) is 22.5. The van der Waals surface area contributed by atoms with Crippen LogP contribution in [0.5, 0.6) is 5.75 Å². The lowest BCUT2D eigenvalue weighted by Crippen LogP contribution is -2.13. The first-order valence-electron chi connectivity index (χ1n) is 9.63. The summed E-state index contributed by atoms with van der Waals surface area (Å²) in [5, 5.41) is 7.59. The van der Waals surface area contributed by atoms with Crippen LogP contribution in [0.25, 0.3) is 0 Å². The minimum atomic E-state index is -0.296. The minimum Gasteiger partial charge on any atom is -0.487 e. The highest BCUT2D eigenvalue weighted by molar-refractivity contribution is 6.32. The SMILES string of the molecule is O=C(Nc1ccn(Cc2ccccc2F)n1)c1cccc(COc2ccccc2Cl)c1. The van der Waals surface area contributed by atoms with Gasteiger partial charge in [0.1, 0.15) is 18.2 Å². The summed E-state index contributed by atoms with van der Waals surface area (Å²) in [5.41, 5.74) is 1.83. The second kappa shape index (κ2) is 9.45. The van der Waals surface area contributed by atoms with E-state index in [1.165, 1.54) is 6.07 Å². The van der Waals surface area contributed by atoms with Crippen molar-refractivity contribution in [1.82, 2.24) is 9.78 Å². The van der Waals surface area contributed by atoms with Gasteiger partial charge in [0.2, 0.25) is 0 Å². The average molecular weight is 436 g/mol. The number of rotatable bonds is 7. The maximum atomic E-state index is 13.8. The molecule has 0 saturated carbocycles. The molecule has 0 radical (unpaired) electrons. The number of hydrogen-bond donors (Lipinski definition) is 1. The standard InChI is InChI=1S/C24H19ClFN3O2/c25-20-9-2-4-11-22(20)31-16-17-6-5-8-18(14-17)24(30)27-23-12-13-29(28-23)15-19-7-1-3-10-21(19)26/h1-14H,15-16H2,(H,27,28,30). The van der Waals surface area contributed by atoms with E-state index in [0.29, 0.717) is 27.7 Å². The molecule has 7 heteroatoms. The lowest BCUT2D eigenvalue weighted by Gasteiger charge is -2.09. The number of carbonyl (C=O) groups is 1. The first-order chi connectivity index (χ1) is 15.1. The van der Waals surface area contributed by atoms with Crippen molar-refractivity contribution in [2.24, 2.45) is 0 Å². The summed E-state index contributed by atoms with van der Waals surface area (Å²) in [7, 11) is 0. The van der Waals surface area contributed by atoms with E-state index in [1.807, 2.05) is 18.2 Å². The van der Waals surface area contributed by atoms with E-state index in [-0.39, 0.29) is 24.9 Å². The zero-order valence-electron chi connectivity index (χ0n) is 16.5. The van der Waals surface area contributed by atoms with Crippen LogP contribution in [0.1, 0.15) is 21.5 Å². The Hall–Kier alpha value is -3.64. The van der Waals surface area contributed by atoms with Crippen LogP contribution >= 0.6 is 11.6 Å². The third kappa shape index (κ3) is 5.29. The fourth-order valence-electron chi connectivity index (χ4n) is 3.03. The molecule has 156 valence electrons. The summed E-state index contributed by atoms with van der Waals surface area (Å²) in [6.07, 6.45) is 1.69. The van der Waals surface area contributed by atoms with Crippen LogP contribution in [0.15, 0.2) is 85.1 Å². The van der Waals surface area contributed by atoms with Crippen molar-refractivity contribution >= 4 is 23.3 Å². The predicted molar refractivity (Wildman–Crippen MR) is 118 cm³/mol. The third-order valence-electron chi connectivity index (χ3n) is 4.59. The first kappa shape index (κ1) is 20.6. The highest BCUT2D eigenvalue weighted by Crippen LogP contribution is 2.24. The molecule has 1 heterocycles. The zero-order chi connectivity index (χ0) is 21.6. The van der Waals surface area contributed by atoms with E-state index < -0.39 is 0 Å². The minimum absolute atomic E-state index is 0.275. The van der Waals surface area contributed by atoms with E-state index in [2.05, 4.69) is 10.4 Å². The number of anilines is 1. The Morgan fingerprint density at radius 2 is 1.84 bits per heavy atom. The van der Waals surface area contributed by atoms with Gasteiger partial charge in [0, 0.05) is 23.4 Å². The molecule has 0 fully saturated rings. The predicted octanol–water partition coefficient (Wildman–Crippen LogP) is 5.56. The molecule has 1 N–H and O–H groups in total. The molecule has 0 saturated heterocycles. The number of halogens is 2. The second-order valence-corrected chi connectivity index (χ2v) is 7.27. The molecule has 1 amide bonds. The van der Waals surface area contributed by atoms with Crippen molar-refractivity contribution in [2.45, 2.75) is 13.2 Å². The zero-order valence-corrected chi connectivity index (χ0v) is 17.2. The van der Waals surface area contributed by atoms with Crippen LogP contribution in [0.4, 0.5) is 10.2 Å². The summed E-state index contributed by atoms with van der Waals surface area (Å²) in [4.78, 5) is 12.6. The van der Waals surface area contributed by atoms with Gasteiger partial charge >= 0.3 is 0 Å². The molecule has 3 aromatic carbocycles. The van der Waals surface area contributed by atoms with Gasteiger partial charge in [0.15, 0.2) is 5.82 Å². The van der Waals surface area contributed by atoms with Crippen molar-refractivity contribution < 1.29 is 13.9 Å². The molecule has 0 aliphatic carbocycles. The Balaban J connectivity index is 1.39. The summed E-state index contributed by atoms with van der Waals surface area (Å²) in [6.45, 7) is 0.555. The lowest BCUT2D eigenvalue weighted by atomic mass is 10.1. The van der Waals surface area contributed by atoms with Crippen molar-refractivity contribution in [2.75, 3.05) is 5.32 Å². The average Bonchev–Trinajstić information content (AvgIpc) is 3.22. The van der Waals surface area contributed by atoms with Gasteiger partial charge in [-0.05, 0) is 35.9 Å². The Bertz CT molecular complexity index is 1210. The summed E-state index contributed by atoms with van der Waals surface area (Å²) in [5.74, 6) is 0.383. The van der Waals surface area contributed by atoms with E-state index in [4.69, 9.17) is 16.3 Å². The normalized spacial score (nSPS) is 10.6. The van der Waals surface area contributed by atoms with Crippen LogP contribution in [0, 0.1) is 5.82 Å². The van der Waals surface area contributed by atoms with E-state index in [1.54, 1.807) is 65.5 Å². The maximum Gasteiger partial charge on any atom is 0.256 e. The van der Waals surface area contributed by atoms with E-state index in [0.717, 1.165) is 5.56 Å². The van der Waals surface area contributed by atoms with Crippen molar-refractivity contribution in [3.8, 4) is 5.75 Å². The topological polar surface area (TPSA) is 56.2 Å². The second-order valence-electron chi connectivity index (χ2n) is 6.86. The van der Waals surface area contributed by atoms with Crippen LogP contribution in [0.3, 0.4) is 0 Å². The van der Waals surface area contributed by atoms with Crippen LogP contribution in [-0.2, 0) is 13.2 Å². The molecule has 0 bridgehead atoms. The molecule has 0 aliphatic rings. The third-order valence-corrected chi connectivity index (χ3v) is 4.90. The van der Waals surface area contributed by atoms with Crippen LogP contribution < -0.4 is 10.1 Å².